The van der Waals surface area contributed by atoms with Crippen LogP contribution in [0.15, 0.2) is 23.3 Å². The number of hydrogen-bond acceptors (Lipinski definition) is 0. The average Bonchev–Trinajstić information content (AvgIpc) is 1.85. The normalized spacial score (nSPS) is 8.73. The van der Waals surface area contributed by atoms with Gasteiger partial charge in [-0.1, -0.05) is 35.9 Å². The van der Waals surface area contributed by atoms with Crippen LogP contribution in [0.1, 0.15) is 27.7 Å². The second-order valence-electron chi connectivity index (χ2n) is 3.49. The van der Waals surface area contributed by atoms with Crippen LogP contribution in [0.3, 0.4) is 0 Å². The van der Waals surface area contributed by atoms with Crippen LogP contribution < -0.4 is 0 Å². The van der Waals surface area contributed by atoms with E-state index in [2.05, 4.69) is 39.8 Å². The Labute approximate surface area is 71.6 Å². The molecule has 0 fully saturated rings. The maximum absolute atomic E-state index is 2.30. The molecule has 0 spiro atoms. The topological polar surface area (TPSA) is 0 Å². The Morgan fingerprint density at radius 1 is 0.909 bits per heavy atom. The van der Waals surface area contributed by atoms with Gasteiger partial charge >= 0.3 is 0 Å². The Hall–Kier alpha value is -0.455. The third-order valence-electron chi connectivity index (χ3n) is 1.51. The molecule has 11 heavy (non-hydrogen) atoms. The van der Waals surface area contributed by atoms with Gasteiger partial charge in [-0.25, -0.2) is 0 Å². The zero-order valence-corrected chi connectivity index (χ0v) is 8.28. The van der Waals surface area contributed by atoms with Crippen LogP contribution in [-0.4, -0.2) is 7.28 Å². The molecule has 0 heterocycles. The largest absolute Gasteiger partial charge is 0.129 e. The van der Waals surface area contributed by atoms with Crippen molar-refractivity contribution in [1.82, 2.24) is 0 Å². The molecule has 0 unspecified atom stereocenters. The van der Waals surface area contributed by atoms with E-state index in [1.807, 2.05) is 0 Å². The first-order valence-corrected chi connectivity index (χ1v) is 4.39. The summed E-state index contributed by atoms with van der Waals surface area (Å²) in [5, 5.41) is 0. The molecule has 0 aromatic rings. The van der Waals surface area contributed by atoms with Gasteiger partial charge in [0.1, 0.15) is 7.28 Å². The molecule has 0 aliphatic rings. The predicted octanol–water partition coefficient (Wildman–Crippen LogP) is 3.19. The van der Waals surface area contributed by atoms with Crippen LogP contribution in [0.25, 0.3) is 0 Å². The van der Waals surface area contributed by atoms with Gasteiger partial charge < -0.3 is 0 Å². The minimum Gasteiger partial charge on any atom is -0.0934 e. The zero-order valence-electron chi connectivity index (χ0n) is 8.28. The van der Waals surface area contributed by atoms with Gasteiger partial charge in [0.05, 0.1) is 0 Å². The molecule has 0 aliphatic carbocycles. The van der Waals surface area contributed by atoms with Gasteiger partial charge in [0.15, 0.2) is 0 Å². The van der Waals surface area contributed by atoms with Crippen LogP contribution in [0.4, 0.5) is 0 Å². The van der Waals surface area contributed by atoms with Crippen LogP contribution in [-0.2, 0) is 0 Å². The highest BCUT2D eigenvalue weighted by Crippen LogP contribution is 1.97. The molecule has 0 atom stereocenters. The van der Waals surface area contributed by atoms with Crippen LogP contribution in [0.2, 0.25) is 12.6 Å². The standard InChI is InChI=1S/C10H19B/c1-9(2)5-7-11-8-6-10(3)4/h5-6,11H,7-8H2,1-4H3. The summed E-state index contributed by atoms with van der Waals surface area (Å²) in [5.41, 5.74) is 2.87. The third-order valence-corrected chi connectivity index (χ3v) is 1.51. The first-order valence-electron chi connectivity index (χ1n) is 4.39. The van der Waals surface area contributed by atoms with E-state index >= 15 is 0 Å². The van der Waals surface area contributed by atoms with Crippen molar-refractivity contribution < 1.29 is 0 Å². The van der Waals surface area contributed by atoms with Gasteiger partial charge in [-0.05, 0) is 27.7 Å². The monoisotopic (exact) mass is 150 g/mol. The lowest BCUT2D eigenvalue weighted by molar-refractivity contribution is 1.34. The fourth-order valence-corrected chi connectivity index (χ4v) is 0.899. The van der Waals surface area contributed by atoms with E-state index in [9.17, 15) is 0 Å². The van der Waals surface area contributed by atoms with Gasteiger partial charge in [-0.15, -0.1) is 0 Å². The Kier molecular flexibility index (Phi) is 6.01. The lowest BCUT2D eigenvalue weighted by Gasteiger charge is -1.91. The second kappa shape index (κ2) is 6.27. The van der Waals surface area contributed by atoms with Crippen LogP contribution in [0.5, 0.6) is 0 Å². The Morgan fingerprint density at radius 2 is 1.27 bits per heavy atom. The van der Waals surface area contributed by atoms with E-state index in [0.717, 1.165) is 0 Å². The van der Waals surface area contributed by atoms with Gasteiger partial charge in [0, 0.05) is 0 Å². The Balaban J connectivity index is 3.29. The van der Waals surface area contributed by atoms with E-state index in [0.29, 0.717) is 0 Å². The van der Waals surface area contributed by atoms with Gasteiger partial charge in [-0.3, -0.25) is 0 Å². The summed E-state index contributed by atoms with van der Waals surface area (Å²) >= 11 is 0. The minimum absolute atomic E-state index is 1.23. The van der Waals surface area contributed by atoms with Crippen molar-refractivity contribution in [2.45, 2.75) is 40.3 Å². The molecule has 0 saturated carbocycles. The fraction of sp³-hybridized carbons (Fsp3) is 0.600. The quantitative estimate of drug-likeness (QED) is 0.328. The van der Waals surface area contributed by atoms with Crippen molar-refractivity contribution in [1.29, 1.82) is 0 Å². The molecule has 1 heteroatoms. The van der Waals surface area contributed by atoms with Crippen molar-refractivity contribution >= 4 is 7.28 Å². The molecule has 62 valence electrons. The summed E-state index contributed by atoms with van der Waals surface area (Å²) in [4.78, 5) is 0. The first-order chi connectivity index (χ1) is 5.13. The van der Waals surface area contributed by atoms with Crippen molar-refractivity contribution in [3.63, 3.8) is 0 Å². The van der Waals surface area contributed by atoms with Gasteiger partial charge in [-0.2, -0.15) is 0 Å². The van der Waals surface area contributed by atoms with Crippen molar-refractivity contribution in [3.05, 3.63) is 23.3 Å². The molecular formula is C10H19B. The molecule has 0 bridgehead atoms. The number of hydrogen-bond donors (Lipinski definition) is 0. The van der Waals surface area contributed by atoms with E-state index in [-0.39, 0.29) is 0 Å². The molecule has 0 rings (SSSR count). The fourth-order valence-electron chi connectivity index (χ4n) is 0.899. The summed E-state index contributed by atoms with van der Waals surface area (Å²) in [5.74, 6) is 0. The lowest BCUT2D eigenvalue weighted by atomic mass is 9.70. The Bertz CT molecular complexity index is 128. The molecule has 0 radical (unpaired) electrons. The van der Waals surface area contributed by atoms with E-state index in [4.69, 9.17) is 0 Å². The predicted molar refractivity (Wildman–Crippen MR) is 55.6 cm³/mol. The van der Waals surface area contributed by atoms with E-state index in [1.54, 1.807) is 0 Å². The third kappa shape index (κ3) is 9.54. The number of allylic oxidation sites excluding steroid dienone is 4. The summed E-state index contributed by atoms with van der Waals surface area (Å²) in [6, 6.07) is 0. The van der Waals surface area contributed by atoms with Gasteiger partial charge in [0.25, 0.3) is 0 Å². The molecular weight excluding hydrogens is 131 g/mol. The lowest BCUT2D eigenvalue weighted by Crippen LogP contribution is -1.83. The maximum atomic E-state index is 2.30. The smallest absolute Gasteiger partial charge is 0.0934 e. The highest BCUT2D eigenvalue weighted by molar-refractivity contribution is 6.36. The number of rotatable bonds is 4. The summed E-state index contributed by atoms with van der Waals surface area (Å²) in [6.07, 6.45) is 7.07. The molecule has 0 N–H and O–H groups in total. The average molecular weight is 150 g/mol. The highest BCUT2D eigenvalue weighted by atomic mass is 13.8. The second-order valence-corrected chi connectivity index (χ2v) is 3.49. The van der Waals surface area contributed by atoms with E-state index < -0.39 is 0 Å². The van der Waals surface area contributed by atoms with Crippen molar-refractivity contribution in [2.75, 3.05) is 0 Å². The molecule has 0 nitrogen and oxygen atoms in total. The SMILES string of the molecule is CC(C)=CCBCC=C(C)C. The maximum Gasteiger partial charge on any atom is 0.129 e. The van der Waals surface area contributed by atoms with Crippen molar-refractivity contribution in [2.24, 2.45) is 0 Å². The molecule has 0 aromatic carbocycles. The Morgan fingerprint density at radius 3 is 1.55 bits per heavy atom. The minimum atomic E-state index is 1.23. The van der Waals surface area contributed by atoms with Crippen molar-refractivity contribution in [3.8, 4) is 0 Å². The molecule has 0 aromatic heterocycles. The molecule has 0 amide bonds. The summed E-state index contributed by atoms with van der Waals surface area (Å²) in [7, 11) is 1.29. The zero-order chi connectivity index (χ0) is 8.69. The first kappa shape index (κ1) is 10.5. The summed E-state index contributed by atoms with van der Waals surface area (Å²) < 4.78 is 0. The van der Waals surface area contributed by atoms with E-state index in [1.165, 1.54) is 31.1 Å². The molecule has 0 aliphatic heterocycles. The highest BCUT2D eigenvalue weighted by Gasteiger charge is 1.85. The van der Waals surface area contributed by atoms with Crippen LogP contribution >= 0.6 is 0 Å². The van der Waals surface area contributed by atoms with Crippen LogP contribution in [0, 0.1) is 0 Å². The molecule has 0 saturated heterocycles. The van der Waals surface area contributed by atoms with Gasteiger partial charge in [0.2, 0.25) is 0 Å². The summed E-state index contributed by atoms with van der Waals surface area (Å²) in [6.45, 7) is 8.61.